The Hall–Kier alpha value is -1.97. The van der Waals surface area contributed by atoms with Crippen LogP contribution in [0.2, 0.25) is 0 Å². The SMILES string of the molecule is C=CC1CCCc2cc(OC)ccc2N1C(=O)O. The molecule has 1 atom stereocenters. The van der Waals surface area contributed by atoms with E-state index in [0.717, 1.165) is 36.3 Å². The number of hydrogen-bond acceptors (Lipinski definition) is 2. The van der Waals surface area contributed by atoms with Gasteiger partial charge in [-0.15, -0.1) is 6.58 Å². The van der Waals surface area contributed by atoms with Crippen LogP contribution in [-0.4, -0.2) is 24.4 Å². The molecule has 0 aromatic heterocycles. The summed E-state index contributed by atoms with van der Waals surface area (Å²) in [4.78, 5) is 12.8. The summed E-state index contributed by atoms with van der Waals surface area (Å²) in [6.45, 7) is 3.74. The summed E-state index contributed by atoms with van der Waals surface area (Å²) in [6, 6.07) is 5.36. The molecule has 2 rings (SSSR count). The number of ether oxygens (including phenoxy) is 1. The van der Waals surface area contributed by atoms with Crippen LogP contribution in [0.4, 0.5) is 10.5 Å². The summed E-state index contributed by atoms with van der Waals surface area (Å²) in [5, 5.41) is 9.38. The van der Waals surface area contributed by atoms with E-state index in [-0.39, 0.29) is 6.04 Å². The summed E-state index contributed by atoms with van der Waals surface area (Å²) in [5.41, 5.74) is 1.76. The van der Waals surface area contributed by atoms with E-state index in [0.29, 0.717) is 0 Å². The van der Waals surface area contributed by atoms with Gasteiger partial charge in [0.15, 0.2) is 0 Å². The van der Waals surface area contributed by atoms with Gasteiger partial charge in [0.2, 0.25) is 0 Å². The van der Waals surface area contributed by atoms with Crippen molar-refractivity contribution in [2.24, 2.45) is 0 Å². The zero-order chi connectivity index (χ0) is 13.1. The second-order valence-electron chi connectivity index (χ2n) is 4.34. The molecule has 0 saturated heterocycles. The minimum Gasteiger partial charge on any atom is -0.497 e. The van der Waals surface area contributed by atoms with Gasteiger partial charge in [0.05, 0.1) is 18.8 Å². The highest BCUT2D eigenvalue weighted by atomic mass is 16.5. The van der Waals surface area contributed by atoms with Crippen molar-refractivity contribution in [3.05, 3.63) is 36.4 Å². The van der Waals surface area contributed by atoms with Crippen LogP contribution in [0.3, 0.4) is 0 Å². The molecule has 0 spiro atoms. The quantitative estimate of drug-likeness (QED) is 0.817. The van der Waals surface area contributed by atoms with E-state index in [1.54, 1.807) is 19.3 Å². The number of carboxylic acid groups (broad SMARTS) is 1. The highest BCUT2D eigenvalue weighted by Gasteiger charge is 2.27. The zero-order valence-corrected chi connectivity index (χ0v) is 10.4. The Morgan fingerprint density at radius 2 is 2.39 bits per heavy atom. The van der Waals surface area contributed by atoms with E-state index in [2.05, 4.69) is 6.58 Å². The van der Waals surface area contributed by atoms with Crippen molar-refractivity contribution in [3.8, 4) is 5.75 Å². The molecule has 1 aliphatic rings. The Bertz CT molecular complexity index is 470. The third-order valence-electron chi connectivity index (χ3n) is 3.30. The Kier molecular flexibility index (Phi) is 3.55. The molecule has 0 saturated carbocycles. The number of benzene rings is 1. The van der Waals surface area contributed by atoms with Crippen molar-refractivity contribution in [2.75, 3.05) is 12.0 Å². The van der Waals surface area contributed by atoms with Crippen LogP contribution in [0.25, 0.3) is 0 Å². The lowest BCUT2D eigenvalue weighted by Crippen LogP contribution is -2.37. The first-order valence-corrected chi connectivity index (χ1v) is 5.99. The average Bonchev–Trinajstić information content (AvgIpc) is 2.56. The molecule has 1 aromatic rings. The number of amides is 1. The molecular weight excluding hydrogens is 230 g/mol. The molecule has 0 fully saturated rings. The fourth-order valence-electron chi connectivity index (χ4n) is 2.40. The van der Waals surface area contributed by atoms with Gasteiger partial charge in [0.25, 0.3) is 0 Å². The molecular formula is C14H17NO3. The van der Waals surface area contributed by atoms with Crippen molar-refractivity contribution in [1.29, 1.82) is 0 Å². The summed E-state index contributed by atoms with van der Waals surface area (Å²) in [5.74, 6) is 0.760. The largest absolute Gasteiger partial charge is 0.497 e. The van der Waals surface area contributed by atoms with Gasteiger partial charge < -0.3 is 9.84 Å². The van der Waals surface area contributed by atoms with Crippen LogP contribution in [0.15, 0.2) is 30.9 Å². The van der Waals surface area contributed by atoms with E-state index in [4.69, 9.17) is 4.74 Å². The van der Waals surface area contributed by atoms with Gasteiger partial charge in [0, 0.05) is 0 Å². The monoisotopic (exact) mass is 247 g/mol. The predicted molar refractivity (Wildman–Crippen MR) is 70.4 cm³/mol. The smallest absolute Gasteiger partial charge is 0.412 e. The van der Waals surface area contributed by atoms with Gasteiger partial charge in [-0.05, 0) is 43.0 Å². The Morgan fingerprint density at radius 3 is 3.00 bits per heavy atom. The number of nitrogens with zero attached hydrogens (tertiary/aromatic N) is 1. The van der Waals surface area contributed by atoms with E-state index in [1.165, 1.54) is 4.90 Å². The number of hydrogen-bond donors (Lipinski definition) is 1. The first kappa shape index (κ1) is 12.5. The molecule has 1 aliphatic heterocycles. The first-order chi connectivity index (χ1) is 8.67. The highest BCUT2D eigenvalue weighted by molar-refractivity contribution is 5.88. The van der Waals surface area contributed by atoms with Crippen molar-refractivity contribution in [1.82, 2.24) is 0 Å². The summed E-state index contributed by atoms with van der Waals surface area (Å²) in [7, 11) is 1.61. The van der Waals surface area contributed by atoms with Crippen LogP contribution < -0.4 is 9.64 Å². The van der Waals surface area contributed by atoms with Gasteiger partial charge in [-0.3, -0.25) is 4.90 Å². The molecule has 4 heteroatoms. The normalized spacial score (nSPS) is 18.7. The lowest BCUT2D eigenvalue weighted by atomic mass is 10.1. The van der Waals surface area contributed by atoms with Gasteiger partial charge >= 0.3 is 6.09 Å². The third kappa shape index (κ3) is 2.18. The fourth-order valence-corrected chi connectivity index (χ4v) is 2.40. The minimum atomic E-state index is -0.937. The van der Waals surface area contributed by atoms with Gasteiger partial charge in [-0.1, -0.05) is 6.08 Å². The molecule has 1 unspecified atom stereocenters. The van der Waals surface area contributed by atoms with Crippen molar-refractivity contribution >= 4 is 11.8 Å². The van der Waals surface area contributed by atoms with Crippen LogP contribution in [0, 0.1) is 0 Å². The van der Waals surface area contributed by atoms with Gasteiger partial charge in [-0.2, -0.15) is 0 Å². The maximum absolute atomic E-state index is 11.4. The molecule has 1 aromatic carbocycles. The van der Waals surface area contributed by atoms with Crippen LogP contribution >= 0.6 is 0 Å². The Labute approximate surface area is 106 Å². The number of methoxy groups -OCH3 is 1. The molecule has 1 heterocycles. The average molecular weight is 247 g/mol. The first-order valence-electron chi connectivity index (χ1n) is 5.99. The van der Waals surface area contributed by atoms with Crippen molar-refractivity contribution in [2.45, 2.75) is 25.3 Å². The molecule has 18 heavy (non-hydrogen) atoms. The van der Waals surface area contributed by atoms with E-state index in [9.17, 15) is 9.90 Å². The maximum Gasteiger partial charge on any atom is 0.412 e. The molecule has 0 aliphatic carbocycles. The number of fused-ring (bicyclic) bond motifs is 1. The van der Waals surface area contributed by atoms with Gasteiger partial charge in [-0.25, -0.2) is 4.79 Å². The van der Waals surface area contributed by atoms with Crippen LogP contribution in [-0.2, 0) is 6.42 Å². The van der Waals surface area contributed by atoms with Crippen LogP contribution in [0.1, 0.15) is 18.4 Å². The Morgan fingerprint density at radius 1 is 1.61 bits per heavy atom. The summed E-state index contributed by atoms with van der Waals surface area (Å²) in [6.07, 6.45) is 3.37. The number of carbonyl (C=O) groups is 1. The maximum atomic E-state index is 11.4. The number of anilines is 1. The standard InChI is InChI=1S/C14H17NO3/c1-3-11-6-4-5-10-9-12(18-2)7-8-13(10)15(11)14(16)17/h3,7-9,11H,1,4-6H2,2H3,(H,16,17). The Balaban J connectivity index is 2.49. The van der Waals surface area contributed by atoms with Crippen molar-refractivity contribution < 1.29 is 14.6 Å². The highest BCUT2D eigenvalue weighted by Crippen LogP contribution is 2.32. The van der Waals surface area contributed by atoms with Gasteiger partial charge in [0.1, 0.15) is 5.75 Å². The lowest BCUT2D eigenvalue weighted by Gasteiger charge is -2.26. The molecule has 96 valence electrons. The second kappa shape index (κ2) is 5.12. The predicted octanol–water partition coefficient (Wildman–Crippen LogP) is 3.07. The fraction of sp³-hybridized carbons (Fsp3) is 0.357. The second-order valence-corrected chi connectivity index (χ2v) is 4.34. The van der Waals surface area contributed by atoms with Crippen molar-refractivity contribution in [3.63, 3.8) is 0 Å². The molecule has 0 bridgehead atoms. The molecule has 4 nitrogen and oxygen atoms in total. The summed E-state index contributed by atoms with van der Waals surface area (Å²) >= 11 is 0. The third-order valence-corrected chi connectivity index (χ3v) is 3.30. The molecule has 0 radical (unpaired) electrons. The molecule has 1 N–H and O–H groups in total. The van der Waals surface area contributed by atoms with E-state index < -0.39 is 6.09 Å². The number of aryl methyl sites for hydroxylation is 1. The van der Waals surface area contributed by atoms with E-state index >= 15 is 0 Å². The lowest BCUT2D eigenvalue weighted by molar-refractivity contribution is 0.200. The summed E-state index contributed by atoms with van der Waals surface area (Å²) < 4.78 is 5.18. The topological polar surface area (TPSA) is 49.8 Å². The zero-order valence-electron chi connectivity index (χ0n) is 10.4. The number of rotatable bonds is 2. The minimum absolute atomic E-state index is 0.155. The van der Waals surface area contributed by atoms with Crippen LogP contribution in [0.5, 0.6) is 5.75 Å². The van der Waals surface area contributed by atoms with E-state index in [1.807, 2.05) is 12.1 Å². The molecule has 1 amide bonds.